The minimum Gasteiger partial charge on any atom is -0.495 e. The molecule has 4 N–H and O–H groups in total. The molecule has 0 amide bonds. The lowest BCUT2D eigenvalue weighted by Crippen LogP contribution is -2.41. The van der Waals surface area contributed by atoms with E-state index < -0.39 is 28.2 Å². The van der Waals surface area contributed by atoms with Crippen molar-refractivity contribution in [3.63, 3.8) is 0 Å². The number of anilines is 3. The molecule has 105 heavy (non-hydrogen) atoms. The van der Waals surface area contributed by atoms with E-state index in [1.807, 2.05) is 66.9 Å². The summed E-state index contributed by atoms with van der Waals surface area (Å²) in [4.78, 5) is 49.6. The topological polar surface area (TPSA) is 282 Å². The number of aryl methyl sites for hydroxylation is 3. The molecule has 0 radical (unpaired) electrons. The summed E-state index contributed by atoms with van der Waals surface area (Å²) in [5.74, 6) is 1.57. The van der Waals surface area contributed by atoms with E-state index in [0.717, 1.165) is 46.2 Å². The smallest absolute Gasteiger partial charge is 0.495 e. The number of benzene rings is 6. The van der Waals surface area contributed by atoms with Crippen LogP contribution in [-0.4, -0.2) is 91.8 Å². The van der Waals surface area contributed by atoms with Gasteiger partial charge < -0.3 is 54.0 Å². The van der Waals surface area contributed by atoms with Gasteiger partial charge in [-0.1, -0.05) is 111 Å². The third kappa shape index (κ3) is 20.2. The van der Waals surface area contributed by atoms with E-state index in [4.69, 9.17) is 38.3 Å². The molecule has 10 rings (SSSR count). The van der Waals surface area contributed by atoms with E-state index in [1.54, 1.807) is 84.3 Å². The number of ether oxygens (including phenoxy) is 5. The third-order valence-corrected chi connectivity index (χ3v) is 18.8. The van der Waals surface area contributed by atoms with E-state index in [9.17, 15) is 30.0 Å². The molecular weight excluding hydrogens is 1390 g/mol. The number of carbonyl (C=O) groups excluding carboxylic acids is 2. The zero-order valence-corrected chi connectivity index (χ0v) is 64.5. The molecule has 4 heterocycles. The van der Waals surface area contributed by atoms with E-state index >= 15 is 0 Å². The van der Waals surface area contributed by atoms with Crippen LogP contribution in [0.1, 0.15) is 136 Å². The van der Waals surface area contributed by atoms with Crippen LogP contribution in [0.4, 0.5) is 17.5 Å². The molecule has 9 aromatic rings. The molecule has 544 valence electrons. The van der Waals surface area contributed by atoms with Crippen molar-refractivity contribution in [1.29, 1.82) is 15.8 Å². The molecular formula is C83H91BBrN9O11. The van der Waals surface area contributed by atoms with Crippen molar-refractivity contribution < 1.29 is 52.5 Å². The molecule has 22 heteroatoms. The fourth-order valence-electron chi connectivity index (χ4n) is 11.3. The largest absolute Gasteiger partial charge is 0.496 e. The number of hydrogen-bond donors (Lipinski definition) is 4. The molecule has 0 saturated carbocycles. The number of halogens is 1. The van der Waals surface area contributed by atoms with E-state index in [2.05, 4.69) is 168 Å². The number of carboxylic acid groups (broad SMARTS) is 1. The van der Waals surface area contributed by atoms with Gasteiger partial charge in [-0.2, -0.15) is 15.8 Å². The van der Waals surface area contributed by atoms with Gasteiger partial charge in [0, 0.05) is 76.0 Å². The number of carboxylic acids is 1. The van der Waals surface area contributed by atoms with Gasteiger partial charge in [0.2, 0.25) is 0 Å². The van der Waals surface area contributed by atoms with Crippen LogP contribution in [0.5, 0.6) is 17.2 Å². The fourth-order valence-corrected chi connectivity index (χ4v) is 11.8. The molecule has 1 saturated heterocycles. The molecule has 0 bridgehead atoms. The number of rotatable bonds is 21. The molecule has 0 spiro atoms. The zero-order valence-electron chi connectivity index (χ0n) is 62.9. The van der Waals surface area contributed by atoms with Gasteiger partial charge in [0.1, 0.15) is 52.9 Å². The minimum absolute atomic E-state index is 0.281. The highest BCUT2D eigenvalue weighted by Gasteiger charge is 2.52. The molecule has 0 aliphatic carbocycles. The highest BCUT2D eigenvalue weighted by atomic mass is 79.9. The zero-order chi connectivity index (χ0) is 77.2. The maximum atomic E-state index is 12.4. The first-order chi connectivity index (χ1) is 49.7. The van der Waals surface area contributed by atoms with Crippen LogP contribution in [0.15, 0.2) is 169 Å². The van der Waals surface area contributed by atoms with E-state index in [1.165, 1.54) is 68.9 Å². The fraction of sp³-hybridized carbons (Fsp3) is 0.313. The number of hydrogen-bond acceptors (Lipinski definition) is 19. The Hall–Kier alpha value is -11.1. The Labute approximate surface area is 625 Å². The van der Waals surface area contributed by atoms with Crippen molar-refractivity contribution in [3.05, 3.63) is 235 Å². The van der Waals surface area contributed by atoms with Gasteiger partial charge in [0.15, 0.2) is 0 Å². The van der Waals surface area contributed by atoms with Gasteiger partial charge >= 0.3 is 25.0 Å². The molecule has 0 atom stereocenters. The Morgan fingerprint density at radius 3 is 1.12 bits per heavy atom. The maximum Gasteiger partial charge on any atom is 0.496 e. The first kappa shape index (κ1) is 81.2. The lowest BCUT2D eigenvalue weighted by atomic mass is 9.80. The first-order valence-electron chi connectivity index (χ1n) is 33.8. The highest BCUT2D eigenvalue weighted by Crippen LogP contribution is 2.42. The number of aromatic nitrogens is 3. The molecule has 1 fully saturated rings. The van der Waals surface area contributed by atoms with Gasteiger partial charge in [-0.05, 0) is 185 Å². The van der Waals surface area contributed by atoms with Gasteiger partial charge in [0.05, 0.1) is 79.7 Å². The Balaban J connectivity index is 0.000000200. The van der Waals surface area contributed by atoms with Crippen molar-refractivity contribution in [2.24, 2.45) is 0 Å². The number of esters is 2. The Morgan fingerprint density at radius 1 is 0.476 bits per heavy atom. The van der Waals surface area contributed by atoms with Crippen LogP contribution in [0.25, 0.3) is 22.3 Å². The predicted molar refractivity (Wildman–Crippen MR) is 414 cm³/mol. The first-order valence-corrected chi connectivity index (χ1v) is 34.6. The maximum absolute atomic E-state index is 12.4. The second-order valence-electron chi connectivity index (χ2n) is 27.7. The number of nitrogens with one attached hydrogen (secondary N) is 3. The van der Waals surface area contributed by atoms with Crippen LogP contribution < -0.4 is 35.6 Å². The summed E-state index contributed by atoms with van der Waals surface area (Å²) < 4.78 is 38.7. The molecule has 1 aliphatic rings. The highest BCUT2D eigenvalue weighted by molar-refractivity contribution is 9.10. The van der Waals surface area contributed by atoms with Crippen molar-refractivity contribution in [1.82, 2.24) is 15.0 Å². The number of methoxy groups -OCH3 is 5. The quantitative estimate of drug-likeness (QED) is 0.0384. The van der Waals surface area contributed by atoms with Gasteiger partial charge in [-0.3, -0.25) is 14.4 Å². The summed E-state index contributed by atoms with van der Waals surface area (Å²) in [6, 6.07) is 53.4. The monoisotopic (exact) mass is 1480 g/mol. The summed E-state index contributed by atoms with van der Waals surface area (Å²) in [6.07, 6.45) is 5.27. The van der Waals surface area contributed by atoms with Crippen LogP contribution in [-0.2, 0) is 69.0 Å². The number of nitriles is 3. The van der Waals surface area contributed by atoms with Crippen LogP contribution in [0, 0.1) is 54.8 Å². The Morgan fingerprint density at radius 2 is 0.819 bits per heavy atom. The molecule has 1 aliphatic heterocycles. The predicted octanol–water partition coefficient (Wildman–Crippen LogP) is 16.0. The Bertz CT molecular complexity index is 4680. The minimum atomic E-state index is -1.23. The summed E-state index contributed by atoms with van der Waals surface area (Å²) >= 11 is 3.32. The van der Waals surface area contributed by atoms with Crippen LogP contribution >= 0.6 is 15.9 Å². The summed E-state index contributed by atoms with van der Waals surface area (Å²) in [7, 11) is 6.71. The summed E-state index contributed by atoms with van der Waals surface area (Å²) in [5.41, 5.74) is 10.2. The van der Waals surface area contributed by atoms with E-state index in [0.29, 0.717) is 62.4 Å². The molecule has 20 nitrogen and oxygen atoms in total. The lowest BCUT2D eigenvalue weighted by molar-refractivity contribution is -0.147. The standard InChI is InChI=1S/C26H27N3O3.C25H25N3O3.C19H25BN2O2.C13H14BrNO3/c1-17-7-6-8-18(11-17)15-28-23-10-9-19(16-29-23)20-12-21(14-27)24(31-4)22(13-20)26(2,3)25(30)32-5;1-16-6-5-7-17(10-16)14-27-22-9-8-18(15-28-22)19-11-20(13-26)23(31-4)21(12-19)25(2,3)24(29)30;1-14-7-6-8-15(11-14)12-21-17-10-9-16(13-22-17)20-23-18(2,3)19(4,5)24-20;1-13(2,12(16)18-4)10-6-9(14)5-8(7-15)11(10)17-3/h6-13,16H,15H2,1-5H3,(H,28,29);5-12,15H,14H2,1-4H3,(H,27,28)(H,29,30);6-11,13H,12H2,1-5H3,(H,21,22);5-6H,1-4H3. The van der Waals surface area contributed by atoms with Crippen molar-refractivity contribution >= 4 is 63.9 Å². The van der Waals surface area contributed by atoms with Crippen molar-refractivity contribution in [2.75, 3.05) is 51.5 Å². The molecule has 3 aromatic heterocycles. The van der Waals surface area contributed by atoms with Crippen LogP contribution in [0.3, 0.4) is 0 Å². The lowest BCUT2D eigenvalue weighted by Gasteiger charge is -2.32. The number of nitrogens with zero attached hydrogens (tertiary/aromatic N) is 6. The van der Waals surface area contributed by atoms with Gasteiger partial charge in [-0.25, -0.2) is 15.0 Å². The SMILES string of the molecule is COC(=O)C(C)(C)c1cc(-c2ccc(NCc3cccc(C)c3)nc2)cc(C#N)c1OC.COC(=O)C(C)(C)c1cc(Br)cc(C#N)c1OC.COc1c(C#N)cc(-c2ccc(NCc3cccc(C)c3)nc2)cc1C(C)(C)C(=O)O.Cc1cccc(CNc2ccc(B3OC(C)(C)C(C)(C)O3)cn2)c1. The number of aliphatic carboxylic acids is 1. The van der Waals surface area contributed by atoms with Crippen LogP contribution in [0.2, 0.25) is 0 Å². The van der Waals surface area contributed by atoms with Crippen molar-refractivity contribution in [2.45, 2.75) is 137 Å². The van der Waals surface area contributed by atoms with Crippen molar-refractivity contribution in [3.8, 4) is 57.7 Å². The number of carbonyl (C=O) groups is 3. The Kier molecular flexibility index (Phi) is 27.4. The van der Waals surface area contributed by atoms with E-state index in [-0.39, 0.29) is 35.6 Å². The van der Waals surface area contributed by atoms with Gasteiger partial charge in [0.25, 0.3) is 0 Å². The second-order valence-corrected chi connectivity index (χ2v) is 28.6. The normalized spacial score (nSPS) is 12.6. The summed E-state index contributed by atoms with van der Waals surface area (Å²) in [6.45, 7) is 26.7. The molecule has 0 unspecified atom stereocenters. The average Bonchev–Trinajstić information content (AvgIpc) is 1.23. The average molecular weight is 1480 g/mol. The summed E-state index contributed by atoms with van der Waals surface area (Å²) in [5, 5.41) is 48.0. The number of pyridine rings is 3. The third-order valence-electron chi connectivity index (χ3n) is 18.3. The van der Waals surface area contributed by atoms with Gasteiger partial charge in [-0.15, -0.1) is 0 Å². The second kappa shape index (κ2) is 35.4. The molecule has 6 aromatic carbocycles.